The van der Waals surface area contributed by atoms with Crippen molar-refractivity contribution in [1.82, 2.24) is 0 Å². The van der Waals surface area contributed by atoms with Gasteiger partial charge in [0.1, 0.15) is 0 Å². The quantitative estimate of drug-likeness (QED) is 0.0566. The molecular weight excluding hydrogens is 881 g/mol. The fraction of sp³-hybridized carbons (Fsp3) is 0.462. The van der Waals surface area contributed by atoms with Crippen molar-refractivity contribution in [2.24, 2.45) is 0 Å². The van der Waals surface area contributed by atoms with Gasteiger partial charge in [0.05, 0.1) is 7.57 Å². The van der Waals surface area contributed by atoms with E-state index in [4.69, 9.17) is 0 Å². The van der Waals surface area contributed by atoms with Gasteiger partial charge in [-0.25, -0.2) is 0 Å². The Balaban J connectivity index is 1.05. The van der Waals surface area contributed by atoms with E-state index in [-0.39, 0.29) is 10.9 Å². The van der Waals surface area contributed by atoms with E-state index < -0.39 is 0 Å². The van der Waals surface area contributed by atoms with E-state index >= 15 is 0 Å². The van der Waals surface area contributed by atoms with Gasteiger partial charge >= 0.3 is 0 Å². The molecule has 0 aliphatic heterocycles. The summed E-state index contributed by atoms with van der Waals surface area (Å²) in [6.45, 7) is 4.56. The maximum Gasteiger partial charge on any atom is 0.194 e. The van der Waals surface area contributed by atoms with Crippen LogP contribution in [0.2, 0.25) is 0 Å². The Bertz CT molecular complexity index is 2360. The summed E-state index contributed by atoms with van der Waals surface area (Å²) >= 11 is 11.0. The van der Waals surface area contributed by atoms with Crippen LogP contribution in [0.25, 0.3) is 64.0 Å². The van der Waals surface area contributed by atoms with Crippen molar-refractivity contribution in [3.8, 4) is 20.9 Å². The van der Waals surface area contributed by atoms with Crippen molar-refractivity contribution < 1.29 is 0 Å². The SMILES string of the molecule is CCCCCCCCCCCCc1cc(Br)sc1-c1ccc2c(c1)c(=O)c1cc3c(cc12)c(=O)c1cc(-c2sc(Br)cc2CCCCCCCCCCCC)ccc13. The molecule has 0 N–H and O–H groups in total. The lowest BCUT2D eigenvalue weighted by Crippen LogP contribution is -1.95. The van der Waals surface area contributed by atoms with Crippen LogP contribution in [-0.4, -0.2) is 0 Å². The Hall–Kier alpha value is -2.64. The first-order valence-corrected chi connectivity index (χ1v) is 25.7. The Kier molecular flexibility index (Phi) is 15.9. The van der Waals surface area contributed by atoms with E-state index in [0.29, 0.717) is 10.8 Å². The summed E-state index contributed by atoms with van der Waals surface area (Å²) in [6.07, 6.45) is 28.7. The predicted molar refractivity (Wildman–Crippen MR) is 264 cm³/mol. The zero-order valence-electron chi connectivity index (χ0n) is 34.7. The lowest BCUT2D eigenvalue weighted by Gasteiger charge is -2.06. The van der Waals surface area contributed by atoms with Crippen molar-refractivity contribution in [3.05, 3.63) is 99.8 Å². The highest BCUT2D eigenvalue weighted by Crippen LogP contribution is 2.41. The third-order valence-corrected chi connectivity index (χ3v) is 15.9. The predicted octanol–water partition coefficient (Wildman–Crippen LogP) is 17.8. The Morgan fingerprint density at radius 1 is 0.379 bits per heavy atom. The van der Waals surface area contributed by atoms with Gasteiger partial charge in [-0.1, -0.05) is 154 Å². The van der Waals surface area contributed by atoms with Gasteiger partial charge in [0, 0.05) is 31.3 Å². The molecule has 0 bridgehead atoms. The summed E-state index contributed by atoms with van der Waals surface area (Å²) < 4.78 is 2.27. The summed E-state index contributed by atoms with van der Waals surface area (Å²) in [5.41, 5.74) is 5.04. The van der Waals surface area contributed by atoms with E-state index in [9.17, 15) is 9.59 Å². The molecule has 58 heavy (non-hydrogen) atoms. The fourth-order valence-electron chi connectivity index (χ4n) is 9.18. The van der Waals surface area contributed by atoms with E-state index in [0.717, 1.165) is 63.9 Å². The molecule has 2 heterocycles. The number of hydrogen-bond donors (Lipinski definition) is 0. The number of rotatable bonds is 24. The Morgan fingerprint density at radius 3 is 1.07 bits per heavy atom. The average molecular weight is 941 g/mol. The molecular formula is C52H60Br2O2S2. The van der Waals surface area contributed by atoms with Gasteiger partial charge in [-0.05, 0) is 138 Å². The van der Waals surface area contributed by atoms with Gasteiger partial charge in [-0.3, -0.25) is 9.59 Å². The molecule has 0 spiro atoms. The highest BCUT2D eigenvalue weighted by Gasteiger charge is 2.20. The van der Waals surface area contributed by atoms with Gasteiger partial charge < -0.3 is 0 Å². The Morgan fingerprint density at radius 2 is 0.707 bits per heavy atom. The highest BCUT2D eigenvalue weighted by molar-refractivity contribution is 9.11. The molecule has 2 aromatic heterocycles. The first-order chi connectivity index (χ1) is 28.4. The van der Waals surface area contributed by atoms with Crippen LogP contribution < -0.4 is 10.9 Å². The summed E-state index contributed by atoms with van der Waals surface area (Å²) in [5, 5.41) is 6.52. The molecule has 7 aromatic rings. The molecule has 2 nitrogen and oxygen atoms in total. The highest BCUT2D eigenvalue weighted by atomic mass is 79.9. The fourth-order valence-corrected chi connectivity index (χ4v) is 12.6. The molecule has 0 aliphatic carbocycles. The van der Waals surface area contributed by atoms with Gasteiger partial charge in [0.2, 0.25) is 0 Å². The maximum absolute atomic E-state index is 14.1. The van der Waals surface area contributed by atoms with Crippen LogP contribution in [-0.2, 0) is 12.8 Å². The number of halogens is 2. The van der Waals surface area contributed by atoms with Gasteiger partial charge in [-0.15, -0.1) is 22.7 Å². The second-order valence-corrected chi connectivity index (χ2v) is 21.7. The summed E-state index contributed by atoms with van der Waals surface area (Å²) in [5.74, 6) is 0. The van der Waals surface area contributed by atoms with Crippen molar-refractivity contribution >= 4 is 97.6 Å². The molecule has 306 valence electrons. The number of benzene rings is 3. The average Bonchev–Trinajstić information content (AvgIpc) is 3.95. The third-order valence-electron chi connectivity index (χ3n) is 12.4. The van der Waals surface area contributed by atoms with Gasteiger partial charge in [0.15, 0.2) is 10.9 Å². The minimum Gasteiger partial charge on any atom is -0.289 e. The lowest BCUT2D eigenvalue weighted by atomic mass is 10.0. The second kappa shape index (κ2) is 21.2. The van der Waals surface area contributed by atoms with Gasteiger partial charge in [-0.2, -0.15) is 0 Å². The van der Waals surface area contributed by atoms with Crippen LogP contribution in [0.1, 0.15) is 153 Å². The molecule has 0 aliphatic rings. The molecule has 6 heteroatoms. The lowest BCUT2D eigenvalue weighted by molar-refractivity contribution is 0.556. The molecule has 0 unspecified atom stereocenters. The first kappa shape index (κ1) is 43.4. The van der Waals surface area contributed by atoms with Crippen LogP contribution in [0.3, 0.4) is 0 Å². The smallest absolute Gasteiger partial charge is 0.194 e. The van der Waals surface area contributed by atoms with E-state index in [1.807, 2.05) is 12.1 Å². The normalized spacial score (nSPS) is 12.1. The van der Waals surface area contributed by atoms with Crippen LogP contribution in [0.5, 0.6) is 0 Å². The van der Waals surface area contributed by atoms with Crippen LogP contribution in [0, 0.1) is 0 Å². The molecule has 0 fully saturated rings. The molecule has 0 saturated carbocycles. The van der Waals surface area contributed by atoms with E-state index in [1.54, 1.807) is 22.7 Å². The number of aryl methyl sites for hydroxylation is 2. The number of thiophene rings is 2. The van der Waals surface area contributed by atoms with Crippen LogP contribution in [0.15, 0.2) is 77.8 Å². The van der Waals surface area contributed by atoms with Crippen LogP contribution >= 0.6 is 54.5 Å². The topological polar surface area (TPSA) is 34.1 Å². The zero-order chi connectivity index (χ0) is 40.4. The number of fused-ring (bicyclic) bond motifs is 6. The second-order valence-electron chi connectivity index (χ2n) is 16.8. The van der Waals surface area contributed by atoms with Crippen molar-refractivity contribution in [3.63, 3.8) is 0 Å². The number of unbranched alkanes of at least 4 members (excludes halogenated alkanes) is 18. The summed E-state index contributed by atoms with van der Waals surface area (Å²) in [4.78, 5) is 30.7. The first-order valence-electron chi connectivity index (χ1n) is 22.5. The Labute approximate surface area is 370 Å². The molecule has 0 atom stereocenters. The molecule has 0 amide bonds. The minimum atomic E-state index is 0.0547. The monoisotopic (exact) mass is 938 g/mol. The largest absolute Gasteiger partial charge is 0.289 e. The van der Waals surface area contributed by atoms with Crippen molar-refractivity contribution in [1.29, 1.82) is 0 Å². The van der Waals surface area contributed by atoms with Crippen molar-refractivity contribution in [2.45, 2.75) is 155 Å². The zero-order valence-corrected chi connectivity index (χ0v) is 39.5. The van der Waals surface area contributed by atoms with E-state index in [1.165, 1.54) is 149 Å². The summed E-state index contributed by atoms with van der Waals surface area (Å²) in [6, 6.07) is 21.3. The maximum atomic E-state index is 14.1. The number of hydrogen-bond acceptors (Lipinski definition) is 4. The minimum absolute atomic E-state index is 0.0547. The molecule has 7 rings (SSSR count). The van der Waals surface area contributed by atoms with Crippen molar-refractivity contribution in [2.75, 3.05) is 0 Å². The summed E-state index contributed by atoms with van der Waals surface area (Å²) in [7, 11) is 0. The van der Waals surface area contributed by atoms with Crippen LogP contribution in [0.4, 0.5) is 0 Å². The molecule has 5 aromatic carbocycles. The van der Waals surface area contributed by atoms with Gasteiger partial charge in [0.25, 0.3) is 0 Å². The molecule has 0 saturated heterocycles. The van der Waals surface area contributed by atoms with E-state index in [2.05, 4.69) is 94.2 Å². The third kappa shape index (κ3) is 10.3. The molecule has 0 radical (unpaired) electrons. The standard InChI is InChI=1S/C52H60Br2O2S2/c1-3-5-7-9-11-13-15-17-19-21-23-35-31-47(53)57-51(35)37-25-27-39-41-33-46-42(34-45(41)49(55)43(39)29-37)40-28-26-38(30-44(40)50(46)56)52-36(32-48(54)58-52)24-22-20-18-16-14-12-10-8-6-4-2/h25-34H,3-24H2,1-2H3.